The summed E-state index contributed by atoms with van der Waals surface area (Å²) >= 11 is 0. The summed E-state index contributed by atoms with van der Waals surface area (Å²) in [6.45, 7) is -0.500. The van der Waals surface area contributed by atoms with Crippen molar-refractivity contribution in [2.45, 2.75) is 0 Å². The molecule has 0 bridgehead atoms. The Morgan fingerprint density at radius 2 is 1.00 bits per heavy atom. The molecule has 0 saturated carbocycles. The standard InChI is InChI=1S/2CH2O2.Ca.Mg.Na.5H/c2*2-1-3;;;;;;;;/h2*1H,(H,2,3);;;;;;;;. The first-order valence-corrected chi connectivity index (χ1v) is 0.988. The van der Waals surface area contributed by atoms with Gasteiger partial charge in [0.2, 0.25) is 0 Å². The second kappa shape index (κ2) is 50.9. The summed E-state index contributed by atoms with van der Waals surface area (Å²) in [6.07, 6.45) is 0. The first-order valence-electron chi connectivity index (χ1n) is 0.988. The van der Waals surface area contributed by atoms with Gasteiger partial charge in [0.1, 0.15) is 0 Å². The van der Waals surface area contributed by atoms with Crippen molar-refractivity contribution in [1.29, 1.82) is 0 Å². The van der Waals surface area contributed by atoms with E-state index in [2.05, 4.69) is 0 Å². The van der Waals surface area contributed by atoms with Gasteiger partial charge in [0.15, 0.2) is 0 Å². The van der Waals surface area contributed by atoms with Crippen LogP contribution in [0.1, 0.15) is 0 Å². The van der Waals surface area contributed by atoms with E-state index >= 15 is 0 Å². The van der Waals surface area contributed by atoms with E-state index in [1.165, 1.54) is 0 Å². The third-order valence-corrected chi connectivity index (χ3v) is 0. The predicted octanol–water partition coefficient (Wildman–Crippen LogP) is -3.08. The zero-order valence-corrected chi connectivity index (χ0v) is 2.87. The van der Waals surface area contributed by atoms with E-state index in [4.69, 9.17) is 19.8 Å². The Balaban J connectivity index is -0.00000000889. The van der Waals surface area contributed by atoms with Crippen molar-refractivity contribution >= 4 is 103 Å². The van der Waals surface area contributed by atoms with Crippen LogP contribution in [-0.2, 0) is 9.59 Å². The van der Waals surface area contributed by atoms with E-state index in [1.807, 2.05) is 0 Å². The Kier molecular flexibility index (Phi) is 173. The molecule has 0 aromatic carbocycles. The second-order valence-electron chi connectivity index (χ2n) is 0.211. The Labute approximate surface area is 121 Å². The van der Waals surface area contributed by atoms with Crippen LogP contribution in [-0.4, -0.2) is 114 Å². The number of rotatable bonds is 0. The number of hydrogen-bond donors (Lipinski definition) is 2. The zero-order chi connectivity index (χ0) is 5.41. The van der Waals surface area contributed by atoms with Gasteiger partial charge in [0.05, 0.1) is 0 Å². The molecule has 0 rings (SSSR count). The van der Waals surface area contributed by atoms with E-state index < -0.39 is 0 Å². The van der Waals surface area contributed by atoms with Gasteiger partial charge in [0.25, 0.3) is 12.9 Å². The fourth-order valence-corrected chi connectivity index (χ4v) is 0. The van der Waals surface area contributed by atoms with Crippen LogP contribution in [0.25, 0.3) is 0 Å². The van der Waals surface area contributed by atoms with Gasteiger partial charge < -0.3 is 10.2 Å². The third kappa shape index (κ3) is 164. The monoisotopic (exact) mass is 184 g/mol. The van der Waals surface area contributed by atoms with Crippen LogP contribution < -0.4 is 0 Å². The van der Waals surface area contributed by atoms with Crippen molar-refractivity contribution < 1.29 is 19.8 Å². The SMILES string of the molecule is O=CO.O=CO.[CaH2].[MgH2].[NaH]. The number of carbonyl (C=O) groups is 2. The quantitative estimate of drug-likeness (QED) is 0.309. The molecule has 0 aromatic heterocycles. The van der Waals surface area contributed by atoms with Crippen molar-refractivity contribution in [2.24, 2.45) is 0 Å². The van der Waals surface area contributed by atoms with Crippen LogP contribution in [0.2, 0.25) is 0 Å². The van der Waals surface area contributed by atoms with E-state index in [9.17, 15) is 0 Å². The molecule has 0 atom stereocenters. The molecule has 0 amide bonds. The molecule has 0 radical (unpaired) electrons. The van der Waals surface area contributed by atoms with Gasteiger partial charge in [-0.05, 0) is 0 Å². The van der Waals surface area contributed by atoms with Crippen molar-refractivity contribution in [3.05, 3.63) is 0 Å². The Bertz CT molecular complexity index is 39.5. The maximum absolute atomic E-state index is 8.36. The second-order valence-corrected chi connectivity index (χ2v) is 0.211. The molecule has 0 fully saturated rings. The average Bonchev–Trinajstić information content (AvgIpc) is 1.39. The molecule has 0 aliphatic rings. The molecule has 0 aliphatic heterocycles. The summed E-state index contributed by atoms with van der Waals surface area (Å²) in [6, 6.07) is 0. The van der Waals surface area contributed by atoms with Gasteiger partial charge in [0, 0.05) is 0 Å². The summed E-state index contributed by atoms with van der Waals surface area (Å²) in [5.41, 5.74) is 0. The summed E-state index contributed by atoms with van der Waals surface area (Å²) in [5, 5.41) is 13.8. The zero-order valence-electron chi connectivity index (χ0n) is 2.87. The van der Waals surface area contributed by atoms with E-state index in [0.717, 1.165) is 0 Å². The van der Waals surface area contributed by atoms with Gasteiger partial charge in [-0.3, -0.25) is 9.59 Å². The Hall–Kier alpha value is 1.97. The fraction of sp³-hybridized carbons (Fsp3) is 0. The van der Waals surface area contributed by atoms with E-state index in [1.54, 1.807) is 0 Å². The minimum absolute atomic E-state index is 0. The van der Waals surface area contributed by atoms with Gasteiger partial charge in [-0.1, -0.05) is 0 Å². The topological polar surface area (TPSA) is 74.6 Å². The van der Waals surface area contributed by atoms with Gasteiger partial charge in [-0.2, -0.15) is 0 Å². The van der Waals surface area contributed by atoms with Crippen LogP contribution >= 0.6 is 0 Å². The molecule has 9 heavy (non-hydrogen) atoms. The maximum atomic E-state index is 8.36. The first kappa shape index (κ1) is 30.6. The third-order valence-electron chi connectivity index (χ3n) is 0. The normalized spacial score (nSPS) is 2.67. The van der Waals surface area contributed by atoms with Crippen LogP contribution in [0, 0.1) is 0 Å². The van der Waals surface area contributed by atoms with Gasteiger partial charge in [-0.15, -0.1) is 0 Å². The van der Waals surface area contributed by atoms with E-state index in [-0.39, 0.29) is 103 Å². The molecule has 4 nitrogen and oxygen atoms in total. The van der Waals surface area contributed by atoms with E-state index in [0.29, 0.717) is 0 Å². The molecule has 0 unspecified atom stereocenters. The fourth-order valence-electron chi connectivity index (χ4n) is 0. The molecule has 0 saturated heterocycles. The molecule has 0 aromatic rings. The first-order chi connectivity index (χ1) is 2.83. The van der Waals surface area contributed by atoms with Crippen molar-refractivity contribution in [2.75, 3.05) is 0 Å². The van der Waals surface area contributed by atoms with Gasteiger partial charge in [-0.25, -0.2) is 0 Å². The van der Waals surface area contributed by atoms with Crippen LogP contribution in [0.5, 0.6) is 0 Å². The number of carboxylic acid groups (broad SMARTS) is 2. The molecule has 7 heteroatoms. The Morgan fingerprint density at radius 1 is 1.00 bits per heavy atom. The minimum atomic E-state index is -0.250. The molecular formula is C2H9CaMgNaO4. The van der Waals surface area contributed by atoms with Crippen molar-refractivity contribution in [3.8, 4) is 0 Å². The predicted molar refractivity (Wildman–Crippen MR) is 41.6 cm³/mol. The summed E-state index contributed by atoms with van der Waals surface area (Å²) in [4.78, 5) is 16.7. The summed E-state index contributed by atoms with van der Waals surface area (Å²) in [7, 11) is 0. The van der Waals surface area contributed by atoms with Crippen molar-refractivity contribution in [1.82, 2.24) is 0 Å². The molecule has 0 aliphatic carbocycles. The summed E-state index contributed by atoms with van der Waals surface area (Å²) < 4.78 is 0. The molecular weight excluding hydrogens is 175 g/mol. The number of hydrogen-bond acceptors (Lipinski definition) is 2. The van der Waals surface area contributed by atoms with Crippen LogP contribution in [0.4, 0.5) is 0 Å². The summed E-state index contributed by atoms with van der Waals surface area (Å²) in [5.74, 6) is 0. The van der Waals surface area contributed by atoms with Crippen molar-refractivity contribution in [3.63, 3.8) is 0 Å². The molecule has 0 heterocycles. The molecule has 2 N–H and O–H groups in total. The Morgan fingerprint density at radius 3 is 1.00 bits per heavy atom. The molecule has 0 spiro atoms. The van der Waals surface area contributed by atoms with Crippen LogP contribution in [0.15, 0.2) is 0 Å². The van der Waals surface area contributed by atoms with Gasteiger partial charge >= 0.3 is 90.3 Å². The average molecular weight is 184 g/mol. The molecule has 46 valence electrons. The van der Waals surface area contributed by atoms with Crippen LogP contribution in [0.3, 0.4) is 0 Å².